The Morgan fingerprint density at radius 1 is 1.14 bits per heavy atom. The average Bonchev–Trinajstić information content (AvgIpc) is 3.07. The zero-order valence-corrected chi connectivity index (χ0v) is 16.1. The summed E-state index contributed by atoms with van der Waals surface area (Å²) < 4.78 is 5.28. The first-order chi connectivity index (χ1) is 13.5. The molecule has 6 nitrogen and oxygen atoms in total. The summed E-state index contributed by atoms with van der Waals surface area (Å²) in [6, 6.07) is 14.5. The molecule has 0 aliphatic heterocycles. The van der Waals surface area contributed by atoms with E-state index in [2.05, 4.69) is 15.1 Å². The van der Waals surface area contributed by atoms with Gasteiger partial charge in [0.25, 0.3) is 11.6 Å². The second-order valence-electron chi connectivity index (χ2n) is 6.45. The van der Waals surface area contributed by atoms with Crippen LogP contribution in [0.25, 0.3) is 11.1 Å². The normalized spacial score (nSPS) is 11.0. The maximum Gasteiger partial charge on any atom is 0.259 e. The molecule has 0 radical (unpaired) electrons. The van der Waals surface area contributed by atoms with Gasteiger partial charge < -0.3 is 9.42 Å². The third kappa shape index (κ3) is 3.46. The number of hydrogen-bond acceptors (Lipinski definition) is 5. The highest BCUT2D eigenvalue weighted by Crippen LogP contribution is 2.27. The van der Waals surface area contributed by atoms with Crippen LogP contribution in [0.15, 0.2) is 59.3 Å². The number of rotatable bonds is 4. The minimum atomic E-state index is -0.185. The summed E-state index contributed by atoms with van der Waals surface area (Å²) in [5.41, 5.74) is 3.65. The number of aromatic nitrogens is 3. The Morgan fingerprint density at radius 2 is 1.93 bits per heavy atom. The predicted octanol–water partition coefficient (Wildman–Crippen LogP) is 4.74. The Hall–Kier alpha value is -3.25. The summed E-state index contributed by atoms with van der Waals surface area (Å²) in [5, 5.41) is 5.19. The Labute approximate surface area is 166 Å². The number of aryl methyl sites for hydroxylation is 2. The van der Waals surface area contributed by atoms with Gasteiger partial charge in [-0.05, 0) is 56.3 Å². The maximum absolute atomic E-state index is 13.6. The molecule has 0 saturated carbocycles. The summed E-state index contributed by atoms with van der Waals surface area (Å²) in [5.74, 6) is -0.185. The van der Waals surface area contributed by atoms with E-state index in [1.165, 1.54) is 0 Å². The molecular weight excluding hydrogens is 376 g/mol. The molecule has 0 saturated heterocycles. The van der Waals surface area contributed by atoms with Crippen LogP contribution < -0.4 is 4.90 Å². The Bertz CT molecular complexity index is 1140. The first-order valence-corrected chi connectivity index (χ1v) is 9.11. The third-order valence-corrected chi connectivity index (χ3v) is 4.66. The molecule has 4 aromatic rings. The number of hydrogen-bond donors (Lipinski definition) is 0. The molecule has 7 heteroatoms. The molecule has 0 aliphatic carbocycles. The Morgan fingerprint density at radius 3 is 2.64 bits per heavy atom. The quantitative estimate of drug-likeness (QED) is 0.501. The molecule has 0 unspecified atom stereocenters. The van der Waals surface area contributed by atoms with Crippen molar-refractivity contribution in [2.45, 2.75) is 20.4 Å². The minimum Gasteiger partial charge on any atom is -0.336 e. The van der Waals surface area contributed by atoms with E-state index in [0.29, 0.717) is 39.6 Å². The van der Waals surface area contributed by atoms with Gasteiger partial charge in [-0.25, -0.2) is 4.98 Å². The third-order valence-electron chi connectivity index (χ3n) is 4.41. The highest BCUT2D eigenvalue weighted by atomic mass is 35.5. The molecule has 3 aromatic heterocycles. The second-order valence-corrected chi connectivity index (χ2v) is 6.88. The lowest BCUT2D eigenvalue weighted by atomic mass is 10.1. The summed E-state index contributed by atoms with van der Waals surface area (Å²) >= 11 is 6.03. The first-order valence-electron chi connectivity index (χ1n) is 8.74. The zero-order chi connectivity index (χ0) is 19.7. The summed E-state index contributed by atoms with van der Waals surface area (Å²) in [6.07, 6.45) is 1.71. The minimum absolute atomic E-state index is 0.185. The molecule has 140 valence electrons. The number of amides is 1. The number of anilines is 1. The fourth-order valence-corrected chi connectivity index (χ4v) is 3.21. The van der Waals surface area contributed by atoms with E-state index in [4.69, 9.17) is 16.1 Å². The van der Waals surface area contributed by atoms with Gasteiger partial charge in [0.05, 0.1) is 28.9 Å². The van der Waals surface area contributed by atoms with Gasteiger partial charge in [0, 0.05) is 22.6 Å². The van der Waals surface area contributed by atoms with Crippen LogP contribution in [0.1, 0.15) is 27.4 Å². The Balaban J connectivity index is 1.83. The van der Waals surface area contributed by atoms with E-state index in [9.17, 15) is 4.79 Å². The number of pyridine rings is 2. The van der Waals surface area contributed by atoms with Gasteiger partial charge in [0.15, 0.2) is 0 Å². The second kappa shape index (κ2) is 7.40. The van der Waals surface area contributed by atoms with Gasteiger partial charge in [-0.3, -0.25) is 9.78 Å². The summed E-state index contributed by atoms with van der Waals surface area (Å²) in [7, 11) is 0. The van der Waals surface area contributed by atoms with Gasteiger partial charge in [0.2, 0.25) is 0 Å². The molecule has 0 N–H and O–H groups in total. The fourth-order valence-electron chi connectivity index (χ4n) is 3.09. The van der Waals surface area contributed by atoms with Crippen LogP contribution in [0.2, 0.25) is 5.02 Å². The first kappa shape index (κ1) is 18.1. The number of carbonyl (C=O) groups excluding carboxylic acids is 1. The molecule has 1 aromatic carbocycles. The standard InChI is InChI=1S/C21H17ClN4O2/c1-13-11-18(19-14(2)25-28-20(19)24-13)21(27)26(12-16-5-3-4-10-23-16)17-8-6-15(22)7-9-17/h3-11H,12H2,1-2H3. The van der Waals surface area contributed by atoms with Crippen molar-refractivity contribution in [1.29, 1.82) is 0 Å². The van der Waals surface area contributed by atoms with Crippen molar-refractivity contribution in [3.8, 4) is 0 Å². The topological polar surface area (TPSA) is 72.1 Å². The number of fused-ring (bicyclic) bond motifs is 1. The molecule has 0 atom stereocenters. The van der Waals surface area contributed by atoms with Crippen molar-refractivity contribution in [1.82, 2.24) is 15.1 Å². The van der Waals surface area contributed by atoms with E-state index >= 15 is 0 Å². The van der Waals surface area contributed by atoms with Gasteiger partial charge in [0.1, 0.15) is 0 Å². The maximum atomic E-state index is 13.6. The van der Waals surface area contributed by atoms with Gasteiger partial charge in [-0.2, -0.15) is 0 Å². The zero-order valence-electron chi connectivity index (χ0n) is 15.4. The number of carbonyl (C=O) groups is 1. The number of halogens is 1. The SMILES string of the molecule is Cc1cc(C(=O)N(Cc2ccccn2)c2ccc(Cl)cc2)c2c(C)noc2n1. The van der Waals surface area contributed by atoms with Crippen LogP contribution in [-0.2, 0) is 6.54 Å². The highest BCUT2D eigenvalue weighted by Gasteiger charge is 2.24. The molecule has 4 rings (SSSR count). The van der Waals surface area contributed by atoms with Gasteiger partial charge >= 0.3 is 0 Å². The van der Waals surface area contributed by atoms with Crippen LogP contribution >= 0.6 is 11.6 Å². The van der Waals surface area contributed by atoms with E-state index in [1.54, 1.807) is 36.2 Å². The van der Waals surface area contributed by atoms with E-state index in [0.717, 1.165) is 11.4 Å². The molecule has 28 heavy (non-hydrogen) atoms. The van der Waals surface area contributed by atoms with Crippen molar-refractivity contribution in [3.05, 3.63) is 82.4 Å². The van der Waals surface area contributed by atoms with E-state index in [1.807, 2.05) is 37.3 Å². The predicted molar refractivity (Wildman–Crippen MR) is 107 cm³/mol. The van der Waals surface area contributed by atoms with Crippen molar-refractivity contribution in [3.63, 3.8) is 0 Å². The molecular formula is C21H17ClN4O2. The monoisotopic (exact) mass is 392 g/mol. The van der Waals surface area contributed by atoms with Crippen LogP contribution in [-0.4, -0.2) is 21.0 Å². The lowest BCUT2D eigenvalue weighted by Gasteiger charge is -2.23. The van der Waals surface area contributed by atoms with Gasteiger partial charge in [-0.1, -0.05) is 22.8 Å². The number of nitrogens with zero attached hydrogens (tertiary/aromatic N) is 4. The molecule has 0 aliphatic rings. The van der Waals surface area contributed by atoms with Gasteiger partial charge in [-0.15, -0.1) is 0 Å². The van der Waals surface area contributed by atoms with Crippen molar-refractivity contribution in [2.24, 2.45) is 0 Å². The van der Waals surface area contributed by atoms with E-state index in [-0.39, 0.29) is 5.91 Å². The van der Waals surface area contributed by atoms with Crippen LogP contribution in [0.5, 0.6) is 0 Å². The largest absolute Gasteiger partial charge is 0.336 e. The lowest BCUT2D eigenvalue weighted by Crippen LogP contribution is -2.31. The fraction of sp³-hybridized carbons (Fsp3) is 0.143. The van der Waals surface area contributed by atoms with Crippen LogP contribution in [0.3, 0.4) is 0 Å². The summed E-state index contributed by atoms with van der Waals surface area (Å²) in [6.45, 7) is 3.93. The lowest BCUT2D eigenvalue weighted by molar-refractivity contribution is 0.0986. The summed E-state index contributed by atoms with van der Waals surface area (Å²) in [4.78, 5) is 24.0. The van der Waals surface area contributed by atoms with E-state index < -0.39 is 0 Å². The van der Waals surface area contributed by atoms with Crippen molar-refractivity contribution >= 4 is 34.3 Å². The van der Waals surface area contributed by atoms with Crippen molar-refractivity contribution < 1.29 is 9.32 Å². The van der Waals surface area contributed by atoms with Crippen molar-refractivity contribution in [2.75, 3.05) is 4.90 Å². The average molecular weight is 393 g/mol. The highest BCUT2D eigenvalue weighted by molar-refractivity contribution is 6.30. The molecule has 0 bridgehead atoms. The molecule has 0 fully saturated rings. The smallest absolute Gasteiger partial charge is 0.259 e. The number of benzene rings is 1. The molecule has 3 heterocycles. The van der Waals surface area contributed by atoms with Crippen LogP contribution in [0.4, 0.5) is 5.69 Å². The molecule has 1 amide bonds. The molecule has 0 spiro atoms. The van der Waals surface area contributed by atoms with Crippen LogP contribution in [0, 0.1) is 13.8 Å². The Kier molecular flexibility index (Phi) is 4.79.